The quantitative estimate of drug-likeness (QED) is 0.564. The first kappa shape index (κ1) is 10.3. The molecule has 0 radical (unpaired) electrons. The van der Waals surface area contributed by atoms with Crippen LogP contribution in [0.1, 0.15) is 12.0 Å². The van der Waals surface area contributed by atoms with Gasteiger partial charge in [-0.15, -0.1) is 36.9 Å². The number of hydrogen-bond donors (Lipinski definition) is 2. The number of halogens is 1. The Morgan fingerprint density at radius 2 is 1.92 bits per heavy atom. The van der Waals surface area contributed by atoms with Gasteiger partial charge in [-0.2, -0.15) is 0 Å². The number of thiol groups is 2. The number of benzene rings is 1. The van der Waals surface area contributed by atoms with Crippen molar-refractivity contribution in [2.24, 2.45) is 0 Å². The summed E-state index contributed by atoms with van der Waals surface area (Å²) in [4.78, 5) is 1.86. The van der Waals surface area contributed by atoms with E-state index in [2.05, 4.69) is 31.3 Å². The molecule has 0 aliphatic heterocycles. The molecule has 1 aromatic rings. The first-order valence-corrected chi connectivity index (χ1v) is 5.24. The molecule has 3 heteroatoms. The molecular weight excluding hydrogens is 208 g/mol. The zero-order valence-corrected chi connectivity index (χ0v) is 9.17. The average Bonchev–Trinajstić information content (AvgIpc) is 2.07. The van der Waals surface area contributed by atoms with E-state index in [0.717, 1.165) is 22.6 Å². The van der Waals surface area contributed by atoms with Crippen molar-refractivity contribution in [1.29, 1.82) is 0 Å². The van der Waals surface area contributed by atoms with Crippen LogP contribution in [-0.4, -0.2) is 5.88 Å². The molecule has 0 nitrogen and oxygen atoms in total. The second-order valence-electron chi connectivity index (χ2n) is 2.62. The van der Waals surface area contributed by atoms with Gasteiger partial charge in [-0.1, -0.05) is 6.07 Å². The Morgan fingerprint density at radius 1 is 1.17 bits per heavy atom. The van der Waals surface area contributed by atoms with Crippen molar-refractivity contribution in [3.63, 3.8) is 0 Å². The predicted octanol–water partition coefficient (Wildman–Crippen LogP) is 3.44. The molecule has 0 unspecified atom stereocenters. The summed E-state index contributed by atoms with van der Waals surface area (Å²) in [6.07, 6.45) is 2.03. The zero-order valence-electron chi connectivity index (χ0n) is 6.63. The Bertz CT molecular complexity index is 261. The molecule has 0 atom stereocenters. The molecule has 66 valence electrons. The first-order chi connectivity index (χ1) is 5.74. The van der Waals surface area contributed by atoms with E-state index in [9.17, 15) is 0 Å². The summed E-state index contributed by atoms with van der Waals surface area (Å²) in [7, 11) is 0. The third-order valence-electron chi connectivity index (χ3n) is 1.64. The van der Waals surface area contributed by atoms with Crippen molar-refractivity contribution in [2.45, 2.75) is 22.6 Å². The lowest BCUT2D eigenvalue weighted by Gasteiger charge is -2.02. The van der Waals surface area contributed by atoms with Crippen LogP contribution >= 0.6 is 36.9 Å². The molecule has 0 spiro atoms. The van der Waals surface area contributed by atoms with E-state index in [1.54, 1.807) is 0 Å². The molecule has 0 fully saturated rings. The van der Waals surface area contributed by atoms with Gasteiger partial charge in [0.2, 0.25) is 0 Å². The fraction of sp³-hybridized carbons (Fsp3) is 0.333. The number of rotatable bonds is 3. The van der Waals surface area contributed by atoms with Gasteiger partial charge in [-0.05, 0) is 30.5 Å². The Hall–Kier alpha value is 0.210. The van der Waals surface area contributed by atoms with Crippen LogP contribution in [0.2, 0.25) is 0 Å². The molecule has 0 aromatic heterocycles. The highest BCUT2D eigenvalue weighted by Gasteiger charge is 1.96. The van der Waals surface area contributed by atoms with Crippen molar-refractivity contribution < 1.29 is 0 Å². The minimum Gasteiger partial charge on any atom is -0.142 e. The summed E-state index contributed by atoms with van der Waals surface area (Å²) in [6, 6.07) is 6.07. The van der Waals surface area contributed by atoms with Crippen LogP contribution in [0.3, 0.4) is 0 Å². The fourth-order valence-electron chi connectivity index (χ4n) is 0.995. The highest BCUT2D eigenvalue weighted by Crippen LogP contribution is 2.19. The van der Waals surface area contributed by atoms with Crippen LogP contribution in [0, 0.1) is 0 Å². The summed E-state index contributed by atoms with van der Waals surface area (Å²) < 4.78 is 0. The SMILES string of the molecule is Sc1ccc(CCCCl)cc1S. The smallest absolute Gasteiger partial charge is 0.0226 e. The van der Waals surface area contributed by atoms with Crippen molar-refractivity contribution in [3.05, 3.63) is 23.8 Å². The second kappa shape index (κ2) is 5.05. The maximum Gasteiger partial charge on any atom is 0.0226 e. The number of aryl methyl sites for hydroxylation is 1. The summed E-state index contributed by atoms with van der Waals surface area (Å²) >= 11 is 14.1. The maximum atomic E-state index is 5.59. The van der Waals surface area contributed by atoms with Gasteiger partial charge in [0.1, 0.15) is 0 Å². The minimum absolute atomic E-state index is 0.713. The van der Waals surface area contributed by atoms with E-state index in [0.29, 0.717) is 5.88 Å². The Labute approximate surface area is 89.1 Å². The van der Waals surface area contributed by atoms with Gasteiger partial charge in [0.25, 0.3) is 0 Å². The lowest BCUT2D eigenvalue weighted by atomic mass is 10.1. The molecule has 0 amide bonds. The second-order valence-corrected chi connectivity index (χ2v) is 3.96. The summed E-state index contributed by atoms with van der Waals surface area (Å²) in [5, 5.41) is 0. The van der Waals surface area contributed by atoms with E-state index < -0.39 is 0 Å². The first-order valence-electron chi connectivity index (χ1n) is 3.81. The van der Waals surface area contributed by atoms with Gasteiger partial charge in [-0.3, -0.25) is 0 Å². The van der Waals surface area contributed by atoms with Crippen LogP contribution in [0.25, 0.3) is 0 Å². The topological polar surface area (TPSA) is 0 Å². The van der Waals surface area contributed by atoms with Crippen LogP contribution < -0.4 is 0 Å². The lowest BCUT2D eigenvalue weighted by Crippen LogP contribution is -1.86. The Morgan fingerprint density at radius 3 is 2.50 bits per heavy atom. The van der Waals surface area contributed by atoms with E-state index in [-0.39, 0.29) is 0 Å². The molecule has 0 aliphatic rings. The van der Waals surface area contributed by atoms with Crippen LogP contribution in [-0.2, 0) is 6.42 Å². The molecule has 0 N–H and O–H groups in total. The third-order valence-corrected chi connectivity index (χ3v) is 2.84. The fourth-order valence-corrected chi connectivity index (χ4v) is 1.51. The molecule has 0 bridgehead atoms. The molecular formula is C9H11ClS2. The Balaban J connectivity index is 2.69. The predicted molar refractivity (Wildman–Crippen MR) is 60.0 cm³/mol. The molecule has 0 heterocycles. The van der Waals surface area contributed by atoms with Crippen molar-refractivity contribution >= 4 is 36.9 Å². The molecule has 0 aliphatic carbocycles. The molecule has 0 saturated carbocycles. The maximum absolute atomic E-state index is 5.59. The third kappa shape index (κ3) is 2.92. The molecule has 12 heavy (non-hydrogen) atoms. The van der Waals surface area contributed by atoms with E-state index >= 15 is 0 Å². The number of hydrogen-bond acceptors (Lipinski definition) is 2. The van der Waals surface area contributed by atoms with Gasteiger partial charge in [0.05, 0.1) is 0 Å². The van der Waals surface area contributed by atoms with Gasteiger partial charge >= 0.3 is 0 Å². The monoisotopic (exact) mass is 218 g/mol. The normalized spacial score (nSPS) is 10.2. The van der Waals surface area contributed by atoms with Crippen LogP contribution in [0.5, 0.6) is 0 Å². The van der Waals surface area contributed by atoms with Gasteiger partial charge in [0, 0.05) is 15.7 Å². The highest BCUT2D eigenvalue weighted by atomic mass is 35.5. The summed E-state index contributed by atoms with van der Waals surface area (Å²) in [5.41, 5.74) is 1.28. The van der Waals surface area contributed by atoms with Crippen LogP contribution in [0.15, 0.2) is 28.0 Å². The molecule has 0 saturated heterocycles. The van der Waals surface area contributed by atoms with Gasteiger partial charge < -0.3 is 0 Å². The zero-order chi connectivity index (χ0) is 8.97. The molecule has 1 rings (SSSR count). The number of alkyl halides is 1. The van der Waals surface area contributed by atoms with Gasteiger partial charge in [-0.25, -0.2) is 0 Å². The molecule has 1 aromatic carbocycles. The van der Waals surface area contributed by atoms with E-state index in [4.69, 9.17) is 11.6 Å². The minimum atomic E-state index is 0.713. The largest absolute Gasteiger partial charge is 0.142 e. The van der Waals surface area contributed by atoms with E-state index in [1.807, 2.05) is 12.1 Å². The van der Waals surface area contributed by atoms with Gasteiger partial charge in [0.15, 0.2) is 0 Å². The lowest BCUT2D eigenvalue weighted by molar-refractivity contribution is 0.920. The average molecular weight is 219 g/mol. The van der Waals surface area contributed by atoms with E-state index in [1.165, 1.54) is 5.56 Å². The van der Waals surface area contributed by atoms with Crippen LogP contribution in [0.4, 0.5) is 0 Å². The Kier molecular flexibility index (Phi) is 4.33. The highest BCUT2D eigenvalue weighted by molar-refractivity contribution is 7.83. The van der Waals surface area contributed by atoms with Crippen molar-refractivity contribution in [3.8, 4) is 0 Å². The van der Waals surface area contributed by atoms with Crippen molar-refractivity contribution in [2.75, 3.05) is 5.88 Å². The summed E-state index contributed by atoms with van der Waals surface area (Å²) in [6.45, 7) is 0. The van der Waals surface area contributed by atoms with Crippen molar-refractivity contribution in [1.82, 2.24) is 0 Å². The standard InChI is InChI=1S/C9H11ClS2/c10-5-1-2-7-3-4-8(11)9(12)6-7/h3-4,6,11-12H,1-2,5H2. The summed E-state index contributed by atoms with van der Waals surface area (Å²) in [5.74, 6) is 0.713.